The summed E-state index contributed by atoms with van der Waals surface area (Å²) in [6.07, 6.45) is 0. The van der Waals surface area contributed by atoms with Crippen molar-refractivity contribution in [3.05, 3.63) is 57.6 Å². The van der Waals surface area contributed by atoms with E-state index >= 15 is 0 Å². The third-order valence-corrected chi connectivity index (χ3v) is 7.18. The molecule has 0 aliphatic rings. The molecule has 0 heterocycles. The van der Waals surface area contributed by atoms with Crippen molar-refractivity contribution < 1.29 is 0 Å². The van der Waals surface area contributed by atoms with E-state index < -0.39 is 8.80 Å². The molecule has 3 radical (unpaired) electrons. The first kappa shape index (κ1) is 20.2. The SMILES string of the molecule is Cc1cc(C)c([Si](C)c2c(C)cc(C)cc2C)c(C)c1.[CH3][Ge][CH3]. The van der Waals surface area contributed by atoms with E-state index in [9.17, 15) is 0 Å². The van der Waals surface area contributed by atoms with Gasteiger partial charge >= 0.3 is 26.9 Å². The van der Waals surface area contributed by atoms with Gasteiger partial charge in [0.2, 0.25) is 0 Å². The summed E-state index contributed by atoms with van der Waals surface area (Å²) in [5.74, 6) is 4.50. The van der Waals surface area contributed by atoms with Gasteiger partial charge in [0.15, 0.2) is 0 Å². The van der Waals surface area contributed by atoms with Crippen LogP contribution in [-0.2, 0) is 0 Å². The maximum absolute atomic E-state index is 2.44. The molecule has 2 rings (SSSR count). The summed E-state index contributed by atoms with van der Waals surface area (Å²) in [7, 11) is -0.698. The minimum absolute atomic E-state index is 0.500. The Morgan fingerprint density at radius 3 is 1.04 bits per heavy atom. The van der Waals surface area contributed by atoms with Crippen LogP contribution < -0.4 is 10.4 Å². The molecule has 2 aromatic carbocycles. The van der Waals surface area contributed by atoms with Gasteiger partial charge in [0, 0.05) is 0 Å². The van der Waals surface area contributed by atoms with Crippen LogP contribution in [0.4, 0.5) is 0 Å². The van der Waals surface area contributed by atoms with Crippen LogP contribution in [0.3, 0.4) is 0 Å². The Morgan fingerprint density at radius 2 is 0.826 bits per heavy atom. The number of hydrogen-bond donors (Lipinski definition) is 0. The van der Waals surface area contributed by atoms with Gasteiger partial charge in [-0.3, -0.25) is 0 Å². The van der Waals surface area contributed by atoms with Crippen molar-refractivity contribution in [1.82, 2.24) is 0 Å². The molecule has 0 N–H and O–H groups in total. The Morgan fingerprint density at radius 1 is 0.609 bits per heavy atom. The van der Waals surface area contributed by atoms with E-state index in [1.807, 2.05) is 0 Å². The molecule has 2 aromatic rings. The molecule has 0 aliphatic heterocycles. The minimum atomic E-state index is -0.698. The van der Waals surface area contributed by atoms with Gasteiger partial charge in [-0.2, -0.15) is 0 Å². The summed E-state index contributed by atoms with van der Waals surface area (Å²) in [5, 5.41) is 3.19. The Bertz CT molecular complexity index is 570. The summed E-state index contributed by atoms with van der Waals surface area (Å²) >= 11 is 0.500. The second-order valence-corrected chi connectivity index (χ2v) is 11.0. The molecule has 123 valence electrons. The molecular formula is C21H31GeSi. The molecule has 0 saturated carbocycles. The van der Waals surface area contributed by atoms with E-state index in [0.29, 0.717) is 15.4 Å². The van der Waals surface area contributed by atoms with E-state index in [1.54, 1.807) is 10.4 Å². The van der Waals surface area contributed by atoms with Gasteiger partial charge in [0.25, 0.3) is 0 Å². The topological polar surface area (TPSA) is 0 Å². The summed E-state index contributed by atoms with van der Waals surface area (Å²) in [4.78, 5) is 0. The zero-order valence-electron chi connectivity index (χ0n) is 16.3. The van der Waals surface area contributed by atoms with Crippen LogP contribution in [0.1, 0.15) is 33.4 Å². The van der Waals surface area contributed by atoms with Crippen LogP contribution >= 0.6 is 0 Å². The molecule has 0 saturated heterocycles. The second-order valence-electron chi connectivity index (χ2n) is 6.67. The van der Waals surface area contributed by atoms with E-state index in [1.165, 1.54) is 33.4 Å². The average Bonchev–Trinajstić information content (AvgIpc) is 2.36. The monoisotopic (exact) mass is 385 g/mol. The summed E-state index contributed by atoms with van der Waals surface area (Å²) in [5.41, 5.74) is 8.57. The van der Waals surface area contributed by atoms with Crippen molar-refractivity contribution in [2.24, 2.45) is 0 Å². The first-order chi connectivity index (χ1) is 10.7. The normalized spacial score (nSPS) is 10.5. The van der Waals surface area contributed by atoms with Crippen LogP contribution in [0.25, 0.3) is 0 Å². The van der Waals surface area contributed by atoms with Gasteiger partial charge in [-0.15, -0.1) is 0 Å². The van der Waals surface area contributed by atoms with E-state index in [-0.39, 0.29) is 0 Å². The first-order valence-corrected chi connectivity index (χ1v) is 14.5. The molecule has 0 unspecified atom stereocenters. The molecule has 0 spiro atoms. The van der Waals surface area contributed by atoms with Crippen molar-refractivity contribution in [3.8, 4) is 0 Å². The van der Waals surface area contributed by atoms with Gasteiger partial charge < -0.3 is 0 Å². The number of hydrogen-bond acceptors (Lipinski definition) is 0. The molecule has 0 nitrogen and oxygen atoms in total. The van der Waals surface area contributed by atoms with Gasteiger partial charge in [0.05, 0.1) is 0 Å². The van der Waals surface area contributed by atoms with Crippen LogP contribution in [0.15, 0.2) is 24.3 Å². The van der Waals surface area contributed by atoms with Crippen LogP contribution in [-0.4, -0.2) is 24.2 Å². The van der Waals surface area contributed by atoms with Crippen molar-refractivity contribution in [3.63, 3.8) is 0 Å². The van der Waals surface area contributed by atoms with Crippen molar-refractivity contribution >= 4 is 34.6 Å². The fourth-order valence-electron chi connectivity index (χ4n) is 3.67. The summed E-state index contributed by atoms with van der Waals surface area (Å²) in [6.45, 7) is 15.9. The fraction of sp³-hybridized carbons (Fsp3) is 0.429. The van der Waals surface area contributed by atoms with Crippen molar-refractivity contribution in [1.29, 1.82) is 0 Å². The molecule has 0 aliphatic carbocycles. The molecule has 23 heavy (non-hydrogen) atoms. The van der Waals surface area contributed by atoms with E-state index in [4.69, 9.17) is 0 Å². The zero-order valence-corrected chi connectivity index (χ0v) is 19.4. The third kappa shape index (κ3) is 5.09. The summed E-state index contributed by atoms with van der Waals surface area (Å²) < 4.78 is 0. The number of aryl methyl sites for hydroxylation is 6. The quantitative estimate of drug-likeness (QED) is 0.666. The Hall–Kier alpha value is -0.800. The molecule has 2 heteroatoms. The number of benzene rings is 2. The number of rotatable bonds is 2. The third-order valence-electron chi connectivity index (χ3n) is 4.10. The summed E-state index contributed by atoms with van der Waals surface area (Å²) in [6, 6.07) is 9.31. The maximum atomic E-state index is 2.44. The molecule has 0 bridgehead atoms. The molecule has 0 aromatic heterocycles. The van der Waals surface area contributed by atoms with E-state index in [0.717, 1.165) is 0 Å². The van der Waals surface area contributed by atoms with Crippen LogP contribution in [0.5, 0.6) is 0 Å². The zero-order chi connectivity index (χ0) is 17.7. The Labute approximate surface area is 151 Å². The van der Waals surface area contributed by atoms with Gasteiger partial charge in [-0.05, 0) is 41.5 Å². The van der Waals surface area contributed by atoms with Crippen LogP contribution in [0, 0.1) is 41.5 Å². The standard InChI is InChI=1S/C19H25Si.C2H6Ge/c1-12-8-14(3)18(15(4)9-12)20(7)19-16(5)10-13(2)11-17(19)6;1-3-2/h8-11H,1-7H3;1-2H3. The molecule has 0 atom stereocenters. The molecule has 0 fully saturated rings. The molecule has 0 amide bonds. The fourth-order valence-corrected chi connectivity index (χ4v) is 6.57. The van der Waals surface area contributed by atoms with Gasteiger partial charge in [0.1, 0.15) is 8.80 Å². The predicted molar refractivity (Wildman–Crippen MR) is 110 cm³/mol. The van der Waals surface area contributed by atoms with Crippen molar-refractivity contribution in [2.75, 3.05) is 0 Å². The van der Waals surface area contributed by atoms with Crippen LogP contribution in [0.2, 0.25) is 18.1 Å². The predicted octanol–water partition coefficient (Wildman–Crippen LogP) is 4.56. The first-order valence-electron chi connectivity index (χ1n) is 8.31. The Kier molecular flexibility index (Phi) is 7.82. The van der Waals surface area contributed by atoms with Crippen molar-refractivity contribution in [2.45, 2.75) is 59.6 Å². The Balaban J connectivity index is 0.000000816. The van der Waals surface area contributed by atoms with Gasteiger partial charge in [-0.1, -0.05) is 74.6 Å². The van der Waals surface area contributed by atoms with E-state index in [2.05, 4.69) is 83.9 Å². The average molecular weight is 384 g/mol. The second kappa shape index (κ2) is 8.89. The molecular weight excluding hydrogens is 353 g/mol. The van der Waals surface area contributed by atoms with Gasteiger partial charge in [-0.25, -0.2) is 0 Å².